The SMILES string of the molecule is Cc1occc1C(=O)N(C)C(C)c1ccco1. The van der Waals surface area contributed by atoms with Gasteiger partial charge < -0.3 is 13.7 Å². The third-order valence-electron chi connectivity index (χ3n) is 2.95. The molecular formula is C13H15NO3. The summed E-state index contributed by atoms with van der Waals surface area (Å²) >= 11 is 0. The Balaban J connectivity index is 2.18. The monoisotopic (exact) mass is 233 g/mol. The van der Waals surface area contributed by atoms with Gasteiger partial charge in [0.2, 0.25) is 0 Å². The molecule has 0 aromatic carbocycles. The van der Waals surface area contributed by atoms with Crippen LogP contribution in [-0.4, -0.2) is 17.9 Å². The molecule has 2 aromatic heterocycles. The van der Waals surface area contributed by atoms with Gasteiger partial charge in [0, 0.05) is 7.05 Å². The molecule has 0 fully saturated rings. The number of nitrogens with zero attached hydrogens (tertiary/aromatic N) is 1. The first kappa shape index (κ1) is 11.5. The van der Waals surface area contributed by atoms with Gasteiger partial charge in [-0.05, 0) is 32.0 Å². The van der Waals surface area contributed by atoms with E-state index in [9.17, 15) is 4.79 Å². The summed E-state index contributed by atoms with van der Waals surface area (Å²) in [5.74, 6) is 1.33. The summed E-state index contributed by atoms with van der Waals surface area (Å²) in [5, 5.41) is 0. The molecule has 0 aliphatic carbocycles. The van der Waals surface area contributed by atoms with Crippen LogP contribution in [0, 0.1) is 6.92 Å². The van der Waals surface area contributed by atoms with Crippen LogP contribution in [0.15, 0.2) is 39.6 Å². The van der Waals surface area contributed by atoms with E-state index in [-0.39, 0.29) is 11.9 Å². The Morgan fingerprint density at radius 1 is 1.29 bits per heavy atom. The van der Waals surface area contributed by atoms with Crippen LogP contribution in [0.4, 0.5) is 0 Å². The second-order valence-corrected chi connectivity index (χ2v) is 4.00. The van der Waals surface area contributed by atoms with Crippen molar-refractivity contribution in [1.29, 1.82) is 0 Å². The molecule has 2 aromatic rings. The van der Waals surface area contributed by atoms with Gasteiger partial charge in [-0.25, -0.2) is 0 Å². The van der Waals surface area contributed by atoms with Crippen LogP contribution in [0.5, 0.6) is 0 Å². The van der Waals surface area contributed by atoms with E-state index in [1.165, 1.54) is 6.26 Å². The third kappa shape index (κ3) is 2.11. The van der Waals surface area contributed by atoms with Crippen LogP contribution in [0.25, 0.3) is 0 Å². The first-order chi connectivity index (χ1) is 8.11. The van der Waals surface area contributed by atoms with Crippen LogP contribution >= 0.6 is 0 Å². The fourth-order valence-corrected chi connectivity index (χ4v) is 1.69. The number of furan rings is 2. The maximum Gasteiger partial charge on any atom is 0.257 e. The summed E-state index contributed by atoms with van der Waals surface area (Å²) in [5.41, 5.74) is 0.589. The molecule has 0 N–H and O–H groups in total. The number of carbonyl (C=O) groups excluding carboxylic acids is 1. The topological polar surface area (TPSA) is 46.6 Å². The molecule has 4 nitrogen and oxygen atoms in total. The zero-order valence-electron chi connectivity index (χ0n) is 10.1. The van der Waals surface area contributed by atoms with E-state index in [1.54, 1.807) is 31.2 Å². The first-order valence-electron chi connectivity index (χ1n) is 5.46. The molecule has 0 spiro atoms. The lowest BCUT2D eigenvalue weighted by atomic mass is 10.2. The highest BCUT2D eigenvalue weighted by Crippen LogP contribution is 2.22. The molecule has 0 saturated heterocycles. The Morgan fingerprint density at radius 3 is 2.59 bits per heavy atom. The molecule has 0 saturated carbocycles. The van der Waals surface area contributed by atoms with Gasteiger partial charge in [0.1, 0.15) is 11.5 Å². The second kappa shape index (κ2) is 4.49. The molecule has 0 aliphatic heterocycles. The van der Waals surface area contributed by atoms with Gasteiger partial charge in [0.15, 0.2) is 0 Å². The van der Waals surface area contributed by atoms with Crippen molar-refractivity contribution in [3.8, 4) is 0 Å². The van der Waals surface area contributed by atoms with Crippen molar-refractivity contribution in [1.82, 2.24) is 4.90 Å². The minimum absolute atomic E-state index is 0.0693. The minimum atomic E-state index is -0.105. The van der Waals surface area contributed by atoms with Crippen molar-refractivity contribution in [2.75, 3.05) is 7.05 Å². The Kier molecular flexibility index (Phi) is 3.04. The van der Waals surface area contributed by atoms with Gasteiger partial charge in [-0.15, -0.1) is 0 Å². The van der Waals surface area contributed by atoms with Crippen molar-refractivity contribution in [3.05, 3.63) is 47.8 Å². The van der Waals surface area contributed by atoms with Crippen LogP contribution < -0.4 is 0 Å². The number of rotatable bonds is 3. The number of carbonyl (C=O) groups is 1. The molecule has 1 unspecified atom stereocenters. The highest BCUT2D eigenvalue weighted by Gasteiger charge is 2.22. The van der Waals surface area contributed by atoms with Crippen molar-refractivity contribution in [2.24, 2.45) is 0 Å². The smallest absolute Gasteiger partial charge is 0.257 e. The maximum absolute atomic E-state index is 12.2. The Labute approximate surface area is 99.8 Å². The Bertz CT molecular complexity index is 498. The molecule has 4 heteroatoms. The number of hydrogen-bond acceptors (Lipinski definition) is 3. The summed E-state index contributed by atoms with van der Waals surface area (Å²) in [6.07, 6.45) is 3.13. The minimum Gasteiger partial charge on any atom is -0.469 e. The van der Waals surface area contributed by atoms with Gasteiger partial charge in [-0.3, -0.25) is 4.79 Å². The van der Waals surface area contributed by atoms with E-state index < -0.39 is 0 Å². The molecule has 17 heavy (non-hydrogen) atoms. The Morgan fingerprint density at radius 2 is 2.06 bits per heavy atom. The van der Waals surface area contributed by atoms with E-state index >= 15 is 0 Å². The third-order valence-corrected chi connectivity index (χ3v) is 2.95. The lowest BCUT2D eigenvalue weighted by molar-refractivity contribution is 0.0724. The van der Waals surface area contributed by atoms with E-state index in [0.29, 0.717) is 11.3 Å². The van der Waals surface area contributed by atoms with Crippen molar-refractivity contribution < 1.29 is 13.6 Å². The quantitative estimate of drug-likeness (QED) is 0.818. The van der Waals surface area contributed by atoms with Gasteiger partial charge in [-0.1, -0.05) is 0 Å². The molecular weight excluding hydrogens is 218 g/mol. The lowest BCUT2D eigenvalue weighted by Crippen LogP contribution is -2.29. The van der Waals surface area contributed by atoms with Gasteiger partial charge >= 0.3 is 0 Å². The van der Waals surface area contributed by atoms with E-state index in [4.69, 9.17) is 8.83 Å². The standard InChI is InChI=1S/C13H15NO3/c1-9(12-5-4-7-17-12)14(3)13(15)11-6-8-16-10(11)2/h4-9H,1-3H3. The molecule has 0 aliphatic rings. The predicted octanol–water partition coefficient (Wildman–Crippen LogP) is 3.01. The zero-order valence-corrected chi connectivity index (χ0v) is 10.1. The highest BCUT2D eigenvalue weighted by molar-refractivity contribution is 5.95. The molecule has 0 radical (unpaired) electrons. The molecule has 0 bridgehead atoms. The van der Waals surface area contributed by atoms with Crippen molar-refractivity contribution in [3.63, 3.8) is 0 Å². The normalized spacial score (nSPS) is 12.4. The number of aryl methyl sites for hydroxylation is 1. The summed E-state index contributed by atoms with van der Waals surface area (Å²) < 4.78 is 10.4. The van der Waals surface area contributed by atoms with Gasteiger partial charge in [0.25, 0.3) is 5.91 Å². The average molecular weight is 233 g/mol. The predicted molar refractivity (Wildman–Crippen MR) is 62.7 cm³/mol. The van der Waals surface area contributed by atoms with Crippen LogP contribution in [0.3, 0.4) is 0 Å². The van der Waals surface area contributed by atoms with Crippen LogP contribution in [0.2, 0.25) is 0 Å². The molecule has 1 atom stereocenters. The van der Waals surface area contributed by atoms with Crippen molar-refractivity contribution in [2.45, 2.75) is 19.9 Å². The fourth-order valence-electron chi connectivity index (χ4n) is 1.69. The zero-order chi connectivity index (χ0) is 12.4. The van der Waals surface area contributed by atoms with Gasteiger partial charge in [0.05, 0.1) is 24.1 Å². The maximum atomic E-state index is 12.2. The Hall–Kier alpha value is -1.97. The molecule has 2 rings (SSSR count). The second-order valence-electron chi connectivity index (χ2n) is 4.00. The van der Waals surface area contributed by atoms with E-state index in [0.717, 1.165) is 5.76 Å². The average Bonchev–Trinajstić information content (AvgIpc) is 2.96. The lowest BCUT2D eigenvalue weighted by Gasteiger charge is -2.22. The molecule has 1 amide bonds. The molecule has 90 valence electrons. The van der Waals surface area contributed by atoms with Crippen LogP contribution in [0.1, 0.15) is 34.8 Å². The summed E-state index contributed by atoms with van der Waals surface area (Å²) in [7, 11) is 1.75. The fraction of sp³-hybridized carbons (Fsp3) is 0.308. The highest BCUT2D eigenvalue weighted by atomic mass is 16.3. The number of hydrogen-bond donors (Lipinski definition) is 0. The van der Waals surface area contributed by atoms with E-state index in [1.807, 2.05) is 19.1 Å². The summed E-state index contributed by atoms with van der Waals surface area (Å²) in [6.45, 7) is 3.70. The van der Waals surface area contributed by atoms with Gasteiger partial charge in [-0.2, -0.15) is 0 Å². The summed E-state index contributed by atoms with van der Waals surface area (Å²) in [4.78, 5) is 13.8. The molecule has 2 heterocycles. The number of amides is 1. The largest absolute Gasteiger partial charge is 0.469 e. The summed E-state index contributed by atoms with van der Waals surface area (Å²) in [6, 6.07) is 5.25. The van der Waals surface area contributed by atoms with Crippen LogP contribution in [-0.2, 0) is 0 Å². The van der Waals surface area contributed by atoms with E-state index in [2.05, 4.69) is 0 Å². The first-order valence-corrected chi connectivity index (χ1v) is 5.46. The van der Waals surface area contributed by atoms with Crippen molar-refractivity contribution >= 4 is 5.91 Å².